The number of carbonyl (C=O) groups is 1. The summed E-state index contributed by atoms with van der Waals surface area (Å²) in [6.07, 6.45) is 0. The topological polar surface area (TPSA) is 89.3 Å². The molecule has 1 heterocycles. The van der Waals surface area contributed by atoms with Gasteiger partial charge in [-0.2, -0.15) is 0 Å². The summed E-state index contributed by atoms with van der Waals surface area (Å²) >= 11 is 0. The summed E-state index contributed by atoms with van der Waals surface area (Å²) in [6.45, 7) is 0. The number of anilines is 1. The van der Waals surface area contributed by atoms with Crippen molar-refractivity contribution < 1.29 is 13.2 Å². The van der Waals surface area contributed by atoms with E-state index in [1.807, 2.05) is 0 Å². The van der Waals surface area contributed by atoms with Crippen LogP contribution in [0.3, 0.4) is 0 Å². The normalized spacial score (nSPS) is 14.1. The van der Waals surface area contributed by atoms with Crippen molar-refractivity contribution in [1.82, 2.24) is 0 Å². The third kappa shape index (κ3) is 1.35. The van der Waals surface area contributed by atoms with E-state index in [1.165, 1.54) is 6.07 Å². The third-order valence-electron chi connectivity index (χ3n) is 2.80. The van der Waals surface area contributed by atoms with Crippen LogP contribution in [-0.4, -0.2) is 14.3 Å². The number of carbonyl (C=O) groups excluding carboxylic acids is 1. The van der Waals surface area contributed by atoms with Gasteiger partial charge in [-0.3, -0.25) is 4.79 Å². The summed E-state index contributed by atoms with van der Waals surface area (Å²) in [5.41, 5.74) is 1.09. The molecule has 0 atom stereocenters. The van der Waals surface area contributed by atoms with Crippen LogP contribution in [-0.2, 0) is 10.0 Å². The maximum Gasteiger partial charge on any atom is 0.256 e. The zero-order chi connectivity index (χ0) is 12.2. The van der Waals surface area contributed by atoms with E-state index in [4.69, 9.17) is 5.14 Å². The molecular weight excluding hydrogens is 240 g/mol. The van der Waals surface area contributed by atoms with Gasteiger partial charge in [0.05, 0.1) is 4.90 Å². The SMILES string of the molecule is NS(=O)(=O)c1ccc2c3c(cccc13)C(=O)N2. The Kier molecular flexibility index (Phi) is 1.84. The summed E-state index contributed by atoms with van der Waals surface area (Å²) in [4.78, 5) is 11.7. The highest BCUT2D eigenvalue weighted by atomic mass is 32.2. The predicted octanol–water partition coefficient (Wildman–Crippen LogP) is 1.05. The monoisotopic (exact) mass is 248 g/mol. The number of nitrogens with one attached hydrogen (secondary N) is 1. The van der Waals surface area contributed by atoms with Crippen molar-refractivity contribution in [2.24, 2.45) is 5.14 Å². The van der Waals surface area contributed by atoms with Crippen LogP contribution >= 0.6 is 0 Å². The first-order chi connectivity index (χ1) is 7.98. The van der Waals surface area contributed by atoms with Gasteiger partial charge in [0.25, 0.3) is 5.91 Å². The van der Waals surface area contributed by atoms with Crippen molar-refractivity contribution in [3.8, 4) is 0 Å². The summed E-state index contributed by atoms with van der Waals surface area (Å²) in [7, 11) is -3.79. The van der Waals surface area contributed by atoms with Crippen LogP contribution in [0.15, 0.2) is 35.2 Å². The minimum Gasteiger partial charge on any atom is -0.321 e. The van der Waals surface area contributed by atoms with E-state index < -0.39 is 10.0 Å². The number of amides is 1. The highest BCUT2D eigenvalue weighted by molar-refractivity contribution is 7.89. The maximum absolute atomic E-state index is 11.6. The highest BCUT2D eigenvalue weighted by Gasteiger charge is 2.24. The fourth-order valence-corrected chi connectivity index (χ4v) is 2.85. The van der Waals surface area contributed by atoms with Gasteiger partial charge in [0.2, 0.25) is 10.0 Å². The van der Waals surface area contributed by atoms with E-state index in [9.17, 15) is 13.2 Å². The Morgan fingerprint density at radius 1 is 1.12 bits per heavy atom. The fourth-order valence-electron chi connectivity index (χ4n) is 2.11. The Labute approximate surface area is 97.3 Å². The molecule has 0 spiro atoms. The van der Waals surface area contributed by atoms with Gasteiger partial charge in [-0.25, -0.2) is 13.6 Å². The minimum absolute atomic E-state index is 0.0367. The number of hydrogen-bond donors (Lipinski definition) is 2. The van der Waals surface area contributed by atoms with Gasteiger partial charge in [-0.05, 0) is 18.2 Å². The first kappa shape index (κ1) is 10.2. The van der Waals surface area contributed by atoms with Gasteiger partial charge in [0.15, 0.2) is 0 Å². The lowest BCUT2D eigenvalue weighted by Gasteiger charge is -2.05. The Morgan fingerprint density at radius 3 is 2.59 bits per heavy atom. The smallest absolute Gasteiger partial charge is 0.256 e. The molecule has 5 nitrogen and oxygen atoms in total. The van der Waals surface area contributed by atoms with Crippen LogP contribution in [0.2, 0.25) is 0 Å². The lowest BCUT2D eigenvalue weighted by atomic mass is 10.1. The van der Waals surface area contributed by atoms with Crippen molar-refractivity contribution in [3.63, 3.8) is 0 Å². The Bertz CT molecular complexity index is 766. The van der Waals surface area contributed by atoms with Gasteiger partial charge >= 0.3 is 0 Å². The third-order valence-corrected chi connectivity index (χ3v) is 3.77. The van der Waals surface area contributed by atoms with Crippen molar-refractivity contribution in [2.75, 3.05) is 5.32 Å². The van der Waals surface area contributed by atoms with Crippen molar-refractivity contribution in [3.05, 3.63) is 35.9 Å². The van der Waals surface area contributed by atoms with Gasteiger partial charge < -0.3 is 5.32 Å². The van der Waals surface area contributed by atoms with E-state index in [-0.39, 0.29) is 10.8 Å². The lowest BCUT2D eigenvalue weighted by Crippen LogP contribution is -2.12. The molecule has 1 amide bonds. The zero-order valence-electron chi connectivity index (χ0n) is 8.60. The zero-order valence-corrected chi connectivity index (χ0v) is 9.41. The van der Waals surface area contributed by atoms with E-state index in [0.29, 0.717) is 22.0 Å². The molecule has 0 saturated heterocycles. The van der Waals surface area contributed by atoms with Gasteiger partial charge in [-0.15, -0.1) is 0 Å². The molecule has 86 valence electrons. The second kappa shape index (κ2) is 3.06. The second-order valence-electron chi connectivity index (χ2n) is 3.84. The van der Waals surface area contributed by atoms with Gasteiger partial charge in [0.1, 0.15) is 0 Å². The molecule has 3 rings (SSSR count). The van der Waals surface area contributed by atoms with E-state index in [0.717, 1.165) is 0 Å². The van der Waals surface area contributed by atoms with Crippen LogP contribution in [0.5, 0.6) is 0 Å². The first-order valence-corrected chi connectivity index (χ1v) is 6.43. The molecule has 0 radical (unpaired) electrons. The number of nitrogens with two attached hydrogens (primary N) is 1. The van der Waals surface area contributed by atoms with Gasteiger partial charge in [-0.1, -0.05) is 12.1 Å². The van der Waals surface area contributed by atoms with Crippen LogP contribution in [0.1, 0.15) is 10.4 Å². The Morgan fingerprint density at radius 2 is 1.88 bits per heavy atom. The van der Waals surface area contributed by atoms with Crippen molar-refractivity contribution >= 4 is 32.4 Å². The quantitative estimate of drug-likeness (QED) is 0.790. The lowest BCUT2D eigenvalue weighted by molar-refractivity contribution is 0.103. The number of sulfonamides is 1. The predicted molar refractivity (Wildman–Crippen MR) is 63.3 cm³/mol. The van der Waals surface area contributed by atoms with E-state index in [2.05, 4.69) is 5.32 Å². The van der Waals surface area contributed by atoms with Crippen LogP contribution in [0.25, 0.3) is 10.8 Å². The number of primary sulfonamides is 1. The molecule has 0 unspecified atom stereocenters. The highest BCUT2D eigenvalue weighted by Crippen LogP contribution is 2.35. The summed E-state index contributed by atoms with van der Waals surface area (Å²) < 4.78 is 22.9. The molecule has 0 saturated carbocycles. The van der Waals surface area contributed by atoms with Crippen LogP contribution in [0.4, 0.5) is 5.69 Å². The molecule has 1 aliphatic rings. The Balaban J connectivity index is 2.54. The van der Waals surface area contributed by atoms with Crippen molar-refractivity contribution in [1.29, 1.82) is 0 Å². The molecular formula is C11H8N2O3S. The molecule has 3 N–H and O–H groups in total. The first-order valence-electron chi connectivity index (χ1n) is 4.88. The molecule has 17 heavy (non-hydrogen) atoms. The van der Waals surface area contributed by atoms with Gasteiger partial charge in [0, 0.05) is 22.0 Å². The largest absolute Gasteiger partial charge is 0.321 e. The van der Waals surface area contributed by atoms with E-state index >= 15 is 0 Å². The minimum atomic E-state index is -3.79. The standard InChI is InChI=1S/C11H8N2O3S/c12-17(15,16)9-5-4-8-10-6(9)2-1-3-7(10)11(14)13-8/h1-5H,(H,13,14)(H2,12,15,16). The van der Waals surface area contributed by atoms with Crippen LogP contribution in [0, 0.1) is 0 Å². The molecule has 0 fully saturated rings. The molecule has 0 aromatic heterocycles. The average Bonchev–Trinajstić information content (AvgIpc) is 2.57. The summed E-state index contributed by atoms with van der Waals surface area (Å²) in [6, 6.07) is 7.89. The fraction of sp³-hybridized carbons (Fsp3) is 0. The molecule has 6 heteroatoms. The summed E-state index contributed by atoms with van der Waals surface area (Å²) in [5.74, 6) is -0.225. The maximum atomic E-state index is 11.6. The molecule has 2 aromatic rings. The molecule has 0 bridgehead atoms. The number of hydrogen-bond acceptors (Lipinski definition) is 3. The van der Waals surface area contributed by atoms with Crippen LogP contribution < -0.4 is 10.5 Å². The van der Waals surface area contributed by atoms with E-state index in [1.54, 1.807) is 24.3 Å². The summed E-state index contributed by atoms with van der Waals surface area (Å²) in [5, 5.41) is 8.91. The Hall–Kier alpha value is -1.92. The number of benzene rings is 2. The molecule has 0 aliphatic carbocycles. The van der Waals surface area contributed by atoms with Crippen molar-refractivity contribution in [2.45, 2.75) is 4.90 Å². The number of rotatable bonds is 1. The second-order valence-corrected chi connectivity index (χ2v) is 5.37. The molecule has 1 aliphatic heterocycles. The average molecular weight is 248 g/mol. The molecule has 2 aromatic carbocycles.